The van der Waals surface area contributed by atoms with Crippen molar-refractivity contribution in [1.82, 2.24) is 10.2 Å². The van der Waals surface area contributed by atoms with E-state index in [9.17, 15) is 5.11 Å². The molecular formula is C15H30N2O. The first-order chi connectivity index (χ1) is 8.65. The van der Waals surface area contributed by atoms with Crippen LogP contribution in [0.4, 0.5) is 0 Å². The molecule has 2 aliphatic rings. The Morgan fingerprint density at radius 2 is 1.72 bits per heavy atom. The van der Waals surface area contributed by atoms with Crippen LogP contribution in [0.3, 0.4) is 0 Å². The fourth-order valence-corrected chi connectivity index (χ4v) is 2.56. The molecule has 2 fully saturated rings. The topological polar surface area (TPSA) is 35.5 Å². The van der Waals surface area contributed by atoms with E-state index in [2.05, 4.69) is 17.1 Å². The summed E-state index contributed by atoms with van der Waals surface area (Å²) in [5, 5.41) is 12.6. The second kappa shape index (κ2) is 6.36. The van der Waals surface area contributed by atoms with Crippen molar-refractivity contribution in [2.45, 2.75) is 51.0 Å². The maximum Gasteiger partial charge on any atom is 0.0610 e. The maximum absolute atomic E-state index is 9.39. The lowest BCUT2D eigenvalue weighted by Crippen LogP contribution is -2.44. The molecule has 0 saturated heterocycles. The minimum atomic E-state index is -0.0924. The van der Waals surface area contributed by atoms with Gasteiger partial charge >= 0.3 is 0 Å². The second-order valence-electron chi connectivity index (χ2n) is 6.72. The van der Waals surface area contributed by atoms with E-state index in [0.717, 1.165) is 18.3 Å². The van der Waals surface area contributed by atoms with E-state index in [-0.39, 0.29) is 12.1 Å². The van der Waals surface area contributed by atoms with Gasteiger partial charge in [0, 0.05) is 18.6 Å². The van der Waals surface area contributed by atoms with Gasteiger partial charge in [0.2, 0.25) is 0 Å². The van der Waals surface area contributed by atoms with Crippen molar-refractivity contribution < 1.29 is 5.11 Å². The monoisotopic (exact) mass is 254 g/mol. The first kappa shape index (κ1) is 14.3. The lowest BCUT2D eigenvalue weighted by Gasteiger charge is -2.29. The van der Waals surface area contributed by atoms with Crippen molar-refractivity contribution in [1.29, 1.82) is 0 Å². The fourth-order valence-electron chi connectivity index (χ4n) is 2.56. The van der Waals surface area contributed by atoms with Crippen LogP contribution in [0, 0.1) is 11.8 Å². The second-order valence-corrected chi connectivity index (χ2v) is 6.72. The molecule has 3 heteroatoms. The van der Waals surface area contributed by atoms with E-state index in [0.29, 0.717) is 0 Å². The Balaban J connectivity index is 1.66. The van der Waals surface area contributed by atoms with Crippen LogP contribution in [-0.2, 0) is 0 Å². The molecule has 0 amide bonds. The van der Waals surface area contributed by atoms with Crippen molar-refractivity contribution in [2.75, 3.05) is 33.3 Å². The molecule has 0 heterocycles. The number of hydrogen-bond donors (Lipinski definition) is 2. The molecule has 1 unspecified atom stereocenters. The van der Waals surface area contributed by atoms with Gasteiger partial charge in [-0.1, -0.05) is 0 Å². The van der Waals surface area contributed by atoms with Gasteiger partial charge in [-0.2, -0.15) is 0 Å². The molecule has 1 atom stereocenters. The first-order valence-corrected chi connectivity index (χ1v) is 7.67. The van der Waals surface area contributed by atoms with Gasteiger partial charge in [0.25, 0.3) is 0 Å². The zero-order valence-electron chi connectivity index (χ0n) is 12.1. The van der Waals surface area contributed by atoms with Crippen molar-refractivity contribution in [2.24, 2.45) is 11.8 Å². The Bertz CT molecular complexity index is 231. The van der Waals surface area contributed by atoms with Gasteiger partial charge in [-0.3, -0.25) is 0 Å². The molecular weight excluding hydrogens is 224 g/mol. The zero-order valence-corrected chi connectivity index (χ0v) is 12.1. The molecule has 0 bridgehead atoms. The Hall–Kier alpha value is -0.120. The van der Waals surface area contributed by atoms with Gasteiger partial charge in [-0.05, 0) is 70.9 Å². The lowest BCUT2D eigenvalue weighted by molar-refractivity contribution is 0.162. The summed E-state index contributed by atoms with van der Waals surface area (Å²) >= 11 is 0. The number of nitrogens with zero attached hydrogens (tertiary/aromatic N) is 1. The van der Waals surface area contributed by atoms with Crippen molar-refractivity contribution in [3.05, 3.63) is 0 Å². The third-order valence-corrected chi connectivity index (χ3v) is 4.58. The van der Waals surface area contributed by atoms with E-state index in [1.54, 1.807) is 0 Å². The maximum atomic E-state index is 9.39. The average Bonchev–Trinajstić information content (AvgIpc) is 3.24. The zero-order chi connectivity index (χ0) is 13.0. The summed E-state index contributed by atoms with van der Waals surface area (Å²) in [7, 11) is 1.95. The summed E-state index contributed by atoms with van der Waals surface area (Å²) in [6.45, 7) is 6.20. The highest BCUT2D eigenvalue weighted by molar-refractivity contribution is 4.84. The summed E-state index contributed by atoms with van der Waals surface area (Å²) in [5.74, 6) is 1.99. The van der Waals surface area contributed by atoms with Gasteiger partial charge in [-0.25, -0.2) is 0 Å². The Morgan fingerprint density at radius 1 is 1.17 bits per heavy atom. The van der Waals surface area contributed by atoms with Crippen LogP contribution in [0.25, 0.3) is 0 Å². The highest BCUT2D eigenvalue weighted by atomic mass is 16.3. The SMILES string of the molecule is CNC(C)(CO)CCCN(CC1CC1)CC1CC1. The van der Waals surface area contributed by atoms with E-state index >= 15 is 0 Å². The van der Waals surface area contributed by atoms with Gasteiger partial charge in [-0.15, -0.1) is 0 Å². The molecule has 0 spiro atoms. The van der Waals surface area contributed by atoms with Crippen LogP contribution < -0.4 is 5.32 Å². The molecule has 2 N–H and O–H groups in total. The molecule has 0 aromatic carbocycles. The summed E-state index contributed by atoms with van der Waals surface area (Å²) in [4.78, 5) is 2.68. The summed E-state index contributed by atoms with van der Waals surface area (Å²) in [6, 6.07) is 0. The van der Waals surface area contributed by atoms with Crippen molar-refractivity contribution in [3.8, 4) is 0 Å². The standard InChI is InChI=1S/C15H30N2O/c1-15(12-18,16-2)8-3-9-17(10-13-4-5-13)11-14-6-7-14/h13-14,16,18H,3-12H2,1-2H3. The van der Waals surface area contributed by atoms with E-state index in [1.807, 2.05) is 7.05 Å². The number of aliphatic hydroxyl groups excluding tert-OH is 1. The number of likely N-dealkylation sites (N-methyl/N-ethyl adjacent to an activating group) is 1. The third-order valence-electron chi connectivity index (χ3n) is 4.58. The molecule has 18 heavy (non-hydrogen) atoms. The summed E-state index contributed by atoms with van der Waals surface area (Å²) in [5.41, 5.74) is -0.0924. The lowest BCUT2D eigenvalue weighted by atomic mass is 9.97. The van der Waals surface area contributed by atoms with Gasteiger partial charge < -0.3 is 15.3 Å². The molecule has 0 aromatic heterocycles. The summed E-state index contributed by atoms with van der Waals surface area (Å²) in [6.07, 6.45) is 8.05. The minimum Gasteiger partial charge on any atom is -0.394 e. The van der Waals surface area contributed by atoms with Crippen LogP contribution >= 0.6 is 0 Å². The predicted molar refractivity (Wildman–Crippen MR) is 75.7 cm³/mol. The van der Waals surface area contributed by atoms with Crippen LogP contribution in [0.2, 0.25) is 0 Å². The van der Waals surface area contributed by atoms with Crippen LogP contribution in [0.15, 0.2) is 0 Å². The Kier molecular flexibility index (Phi) is 5.05. The number of rotatable bonds is 10. The van der Waals surface area contributed by atoms with E-state index < -0.39 is 0 Å². The molecule has 0 aliphatic heterocycles. The number of aliphatic hydroxyl groups is 1. The van der Waals surface area contributed by atoms with Gasteiger partial charge in [0.15, 0.2) is 0 Å². The normalized spacial score (nSPS) is 23.3. The molecule has 2 aliphatic carbocycles. The quantitative estimate of drug-likeness (QED) is 0.624. The predicted octanol–water partition coefficient (Wildman–Crippen LogP) is 1.86. The number of hydrogen-bond acceptors (Lipinski definition) is 3. The van der Waals surface area contributed by atoms with Crippen molar-refractivity contribution in [3.63, 3.8) is 0 Å². The molecule has 106 valence electrons. The molecule has 0 aromatic rings. The molecule has 2 saturated carbocycles. The van der Waals surface area contributed by atoms with Crippen LogP contribution in [-0.4, -0.2) is 48.8 Å². The van der Waals surface area contributed by atoms with Gasteiger partial charge in [0.05, 0.1) is 6.61 Å². The summed E-state index contributed by atoms with van der Waals surface area (Å²) < 4.78 is 0. The highest BCUT2D eigenvalue weighted by Crippen LogP contribution is 2.33. The van der Waals surface area contributed by atoms with Crippen molar-refractivity contribution >= 4 is 0 Å². The molecule has 3 nitrogen and oxygen atoms in total. The smallest absolute Gasteiger partial charge is 0.0610 e. The molecule has 0 radical (unpaired) electrons. The van der Waals surface area contributed by atoms with Crippen LogP contribution in [0.1, 0.15) is 45.4 Å². The van der Waals surface area contributed by atoms with E-state index in [4.69, 9.17) is 0 Å². The van der Waals surface area contributed by atoms with Crippen LogP contribution in [0.5, 0.6) is 0 Å². The minimum absolute atomic E-state index is 0.0924. The van der Waals surface area contributed by atoms with E-state index in [1.165, 1.54) is 51.7 Å². The first-order valence-electron chi connectivity index (χ1n) is 7.67. The largest absolute Gasteiger partial charge is 0.394 e. The average molecular weight is 254 g/mol. The fraction of sp³-hybridized carbons (Fsp3) is 1.00. The highest BCUT2D eigenvalue weighted by Gasteiger charge is 2.29. The third kappa shape index (κ3) is 4.87. The molecule has 2 rings (SSSR count). The Labute approximate surface area is 112 Å². The Morgan fingerprint density at radius 3 is 2.11 bits per heavy atom. The number of nitrogens with one attached hydrogen (secondary N) is 1. The van der Waals surface area contributed by atoms with Gasteiger partial charge in [0.1, 0.15) is 0 Å².